The van der Waals surface area contributed by atoms with E-state index in [1.54, 1.807) is 12.5 Å². The molecule has 3 N–H and O–H groups in total. The van der Waals surface area contributed by atoms with Crippen molar-refractivity contribution in [1.82, 2.24) is 9.55 Å². The molecule has 1 amide bonds. The Kier molecular flexibility index (Phi) is 3.48. The maximum Gasteiger partial charge on any atom is 0.234 e. The third-order valence-electron chi connectivity index (χ3n) is 3.94. The number of hydrogen-bond acceptors (Lipinski definition) is 4. The van der Waals surface area contributed by atoms with Crippen LogP contribution in [0.2, 0.25) is 0 Å². The van der Waals surface area contributed by atoms with Gasteiger partial charge in [0.05, 0.1) is 25.0 Å². The first-order valence-electron chi connectivity index (χ1n) is 6.83. The molecule has 6 nitrogen and oxygen atoms in total. The Morgan fingerprint density at radius 1 is 1.57 bits per heavy atom. The lowest BCUT2D eigenvalue weighted by Gasteiger charge is -2.25. The predicted octanol–water partition coefficient (Wildman–Crippen LogP) is 1.17. The van der Waals surface area contributed by atoms with Gasteiger partial charge in [0.25, 0.3) is 0 Å². The van der Waals surface area contributed by atoms with Crippen LogP contribution in [-0.4, -0.2) is 34.7 Å². The molecular formula is C15H18N4O2. The van der Waals surface area contributed by atoms with E-state index in [9.17, 15) is 4.79 Å². The molecule has 0 saturated carbocycles. The molecule has 21 heavy (non-hydrogen) atoms. The van der Waals surface area contributed by atoms with Crippen molar-refractivity contribution in [2.75, 3.05) is 18.5 Å². The monoisotopic (exact) mass is 286 g/mol. The molecule has 2 aromatic rings. The molecule has 2 unspecified atom stereocenters. The Hall–Kier alpha value is -2.18. The molecule has 0 radical (unpaired) electrons. The van der Waals surface area contributed by atoms with Crippen molar-refractivity contribution in [2.24, 2.45) is 11.1 Å². The summed E-state index contributed by atoms with van der Waals surface area (Å²) in [5, 5.41) is 2.92. The van der Waals surface area contributed by atoms with E-state index in [1.165, 1.54) is 0 Å². The zero-order chi connectivity index (χ0) is 14.9. The van der Waals surface area contributed by atoms with Crippen LogP contribution in [0.15, 0.2) is 43.0 Å². The number of aromatic nitrogens is 2. The van der Waals surface area contributed by atoms with Gasteiger partial charge in [0.1, 0.15) is 0 Å². The first-order chi connectivity index (χ1) is 10.1. The minimum Gasteiger partial charge on any atom is -0.379 e. The van der Waals surface area contributed by atoms with Crippen LogP contribution >= 0.6 is 0 Å². The lowest BCUT2D eigenvalue weighted by atomic mass is 9.85. The van der Waals surface area contributed by atoms with Crippen molar-refractivity contribution in [2.45, 2.75) is 13.0 Å². The second kappa shape index (κ2) is 5.31. The number of carbonyl (C=O) groups excluding carboxylic acids is 1. The molecule has 0 spiro atoms. The molecule has 1 fully saturated rings. The topological polar surface area (TPSA) is 82.2 Å². The van der Waals surface area contributed by atoms with Gasteiger partial charge in [0.15, 0.2) is 0 Å². The van der Waals surface area contributed by atoms with E-state index in [2.05, 4.69) is 10.3 Å². The normalized spacial score (nSPS) is 25.0. The Morgan fingerprint density at radius 2 is 2.43 bits per heavy atom. The van der Waals surface area contributed by atoms with Crippen LogP contribution in [0.3, 0.4) is 0 Å². The summed E-state index contributed by atoms with van der Waals surface area (Å²) < 4.78 is 7.19. The maximum atomic E-state index is 12.5. The zero-order valence-electron chi connectivity index (χ0n) is 11.8. The van der Waals surface area contributed by atoms with E-state index < -0.39 is 5.41 Å². The Balaban J connectivity index is 1.79. The van der Waals surface area contributed by atoms with E-state index in [4.69, 9.17) is 10.5 Å². The summed E-state index contributed by atoms with van der Waals surface area (Å²) >= 11 is 0. The summed E-state index contributed by atoms with van der Waals surface area (Å²) in [5.74, 6) is -0.115. The van der Waals surface area contributed by atoms with Gasteiger partial charge >= 0.3 is 0 Å². The maximum absolute atomic E-state index is 12.5. The van der Waals surface area contributed by atoms with Crippen molar-refractivity contribution in [3.8, 4) is 5.69 Å². The molecule has 6 heteroatoms. The van der Waals surface area contributed by atoms with Crippen LogP contribution in [0.1, 0.15) is 6.92 Å². The van der Waals surface area contributed by atoms with Crippen LogP contribution in [0.5, 0.6) is 0 Å². The molecular weight excluding hydrogens is 268 g/mol. The summed E-state index contributed by atoms with van der Waals surface area (Å²) in [7, 11) is 0. The van der Waals surface area contributed by atoms with Crippen LogP contribution in [0.4, 0.5) is 5.69 Å². The van der Waals surface area contributed by atoms with E-state index in [0.29, 0.717) is 13.2 Å². The van der Waals surface area contributed by atoms with E-state index in [-0.39, 0.29) is 11.9 Å². The Bertz CT molecular complexity index is 641. The van der Waals surface area contributed by atoms with Crippen LogP contribution < -0.4 is 11.1 Å². The SMILES string of the molecule is CC1(C(=O)Nc2cccc(-n3ccnc3)c2)COCC1N. The number of anilines is 1. The average Bonchev–Trinajstić information content (AvgIpc) is 3.11. The molecule has 0 aliphatic carbocycles. The fourth-order valence-corrected chi connectivity index (χ4v) is 2.35. The number of nitrogens with zero attached hydrogens (tertiary/aromatic N) is 2. The van der Waals surface area contributed by atoms with E-state index >= 15 is 0 Å². The highest BCUT2D eigenvalue weighted by molar-refractivity contribution is 5.96. The number of hydrogen-bond donors (Lipinski definition) is 2. The van der Waals surface area contributed by atoms with Gasteiger partial charge in [-0.2, -0.15) is 0 Å². The minimum absolute atomic E-state index is 0.115. The van der Waals surface area contributed by atoms with Crippen molar-refractivity contribution in [3.05, 3.63) is 43.0 Å². The first-order valence-corrected chi connectivity index (χ1v) is 6.83. The van der Waals surface area contributed by atoms with Crippen molar-refractivity contribution in [1.29, 1.82) is 0 Å². The average molecular weight is 286 g/mol. The minimum atomic E-state index is -0.689. The van der Waals surface area contributed by atoms with Gasteiger partial charge in [-0.25, -0.2) is 4.98 Å². The number of ether oxygens (including phenoxy) is 1. The lowest BCUT2D eigenvalue weighted by Crippen LogP contribution is -2.47. The molecule has 0 bridgehead atoms. The van der Waals surface area contributed by atoms with Crippen LogP contribution in [-0.2, 0) is 9.53 Å². The molecule has 1 aliphatic heterocycles. The van der Waals surface area contributed by atoms with Crippen LogP contribution in [0, 0.1) is 5.41 Å². The number of benzene rings is 1. The Morgan fingerprint density at radius 3 is 3.10 bits per heavy atom. The number of rotatable bonds is 3. The summed E-state index contributed by atoms with van der Waals surface area (Å²) in [6, 6.07) is 7.30. The third kappa shape index (κ3) is 2.55. The summed E-state index contributed by atoms with van der Waals surface area (Å²) in [4.78, 5) is 16.5. The van der Waals surface area contributed by atoms with Crippen molar-refractivity contribution < 1.29 is 9.53 Å². The molecule has 1 aliphatic rings. The predicted molar refractivity (Wildman–Crippen MR) is 79.1 cm³/mol. The number of carbonyl (C=O) groups is 1. The van der Waals surface area contributed by atoms with Crippen molar-refractivity contribution in [3.63, 3.8) is 0 Å². The second-order valence-corrected chi connectivity index (χ2v) is 5.51. The van der Waals surface area contributed by atoms with Gasteiger partial charge in [-0.05, 0) is 25.1 Å². The van der Waals surface area contributed by atoms with Gasteiger partial charge in [0.2, 0.25) is 5.91 Å². The van der Waals surface area contributed by atoms with Gasteiger partial charge in [-0.3, -0.25) is 4.79 Å². The van der Waals surface area contributed by atoms with Crippen molar-refractivity contribution >= 4 is 11.6 Å². The lowest BCUT2D eigenvalue weighted by molar-refractivity contribution is -0.125. The first kappa shape index (κ1) is 13.8. The zero-order valence-corrected chi connectivity index (χ0v) is 11.8. The molecule has 3 rings (SSSR count). The van der Waals surface area contributed by atoms with E-state index in [0.717, 1.165) is 11.4 Å². The van der Waals surface area contributed by atoms with Gasteiger partial charge in [0, 0.05) is 29.8 Å². The smallest absolute Gasteiger partial charge is 0.234 e. The number of amides is 1. The van der Waals surface area contributed by atoms with Gasteiger partial charge < -0.3 is 20.4 Å². The fraction of sp³-hybridized carbons (Fsp3) is 0.333. The summed E-state index contributed by atoms with van der Waals surface area (Å²) in [6.07, 6.45) is 5.27. The molecule has 1 aromatic heterocycles. The molecule has 1 aromatic carbocycles. The number of nitrogens with two attached hydrogens (primary N) is 1. The molecule has 2 heterocycles. The summed E-state index contributed by atoms with van der Waals surface area (Å²) in [5.41, 5.74) is 6.95. The number of imidazole rings is 1. The van der Waals surface area contributed by atoms with Gasteiger partial charge in [-0.1, -0.05) is 6.07 Å². The Labute approximate surface area is 122 Å². The highest BCUT2D eigenvalue weighted by atomic mass is 16.5. The van der Waals surface area contributed by atoms with E-state index in [1.807, 2.05) is 42.0 Å². The molecule has 110 valence electrons. The molecule has 2 atom stereocenters. The molecule has 1 saturated heterocycles. The quantitative estimate of drug-likeness (QED) is 0.887. The highest BCUT2D eigenvalue weighted by Gasteiger charge is 2.44. The second-order valence-electron chi connectivity index (χ2n) is 5.51. The van der Waals surface area contributed by atoms with Crippen LogP contribution in [0.25, 0.3) is 5.69 Å². The van der Waals surface area contributed by atoms with Gasteiger partial charge in [-0.15, -0.1) is 0 Å². The highest BCUT2D eigenvalue weighted by Crippen LogP contribution is 2.29. The number of nitrogens with one attached hydrogen (secondary N) is 1. The third-order valence-corrected chi connectivity index (χ3v) is 3.94. The fourth-order valence-electron chi connectivity index (χ4n) is 2.35. The standard InChI is InChI=1S/C15H18N4O2/c1-15(9-21-8-13(15)16)14(20)18-11-3-2-4-12(7-11)19-6-5-17-10-19/h2-7,10,13H,8-9,16H2,1H3,(H,18,20). The summed E-state index contributed by atoms with van der Waals surface area (Å²) in [6.45, 7) is 2.60. The largest absolute Gasteiger partial charge is 0.379 e.